The van der Waals surface area contributed by atoms with E-state index in [9.17, 15) is 18.0 Å². The minimum absolute atomic E-state index is 0.0644. The maximum Gasteiger partial charge on any atom is 0.253 e. The predicted octanol–water partition coefficient (Wildman–Crippen LogP) is 3.23. The molecule has 0 spiro atoms. The van der Waals surface area contributed by atoms with Gasteiger partial charge in [0.05, 0.1) is 23.2 Å². The molecule has 0 aliphatic rings. The Morgan fingerprint density at radius 2 is 1.53 bits per heavy atom. The highest BCUT2D eigenvalue weighted by Gasteiger charge is 2.30. The molecule has 0 bridgehead atoms. The van der Waals surface area contributed by atoms with E-state index in [2.05, 4.69) is 10.6 Å². The Labute approximate surface area is 178 Å². The SMILES string of the molecule is Cc1cc(C)cc(N([C@@H](C)C(=O)Nc2ccccc2C(=O)NC(C)C)S(C)(=O)=O)c1. The van der Waals surface area contributed by atoms with Gasteiger partial charge in [-0.15, -0.1) is 0 Å². The highest BCUT2D eigenvalue weighted by molar-refractivity contribution is 7.92. The monoisotopic (exact) mass is 431 g/mol. The Kier molecular flexibility index (Phi) is 7.25. The first-order valence-electron chi connectivity index (χ1n) is 9.68. The van der Waals surface area contributed by atoms with E-state index < -0.39 is 22.0 Å². The molecule has 2 N–H and O–H groups in total. The molecule has 2 aromatic rings. The van der Waals surface area contributed by atoms with Crippen molar-refractivity contribution in [3.63, 3.8) is 0 Å². The smallest absolute Gasteiger partial charge is 0.253 e. The molecule has 1 atom stereocenters. The number of nitrogens with zero attached hydrogens (tertiary/aromatic N) is 1. The third-order valence-electron chi connectivity index (χ3n) is 4.40. The second-order valence-electron chi connectivity index (χ2n) is 7.74. The molecule has 0 saturated heterocycles. The predicted molar refractivity (Wildman–Crippen MR) is 120 cm³/mol. The molecule has 0 aromatic heterocycles. The average molecular weight is 432 g/mol. The topological polar surface area (TPSA) is 95.6 Å². The Hall–Kier alpha value is -2.87. The maximum absolute atomic E-state index is 13.0. The first-order valence-corrected chi connectivity index (χ1v) is 11.5. The summed E-state index contributed by atoms with van der Waals surface area (Å²) in [5, 5.41) is 5.50. The summed E-state index contributed by atoms with van der Waals surface area (Å²) in [6, 6.07) is 10.9. The molecule has 2 amide bonds. The van der Waals surface area contributed by atoms with Gasteiger partial charge in [-0.2, -0.15) is 0 Å². The summed E-state index contributed by atoms with van der Waals surface area (Å²) < 4.78 is 26.2. The van der Waals surface area contributed by atoms with Gasteiger partial charge in [0.1, 0.15) is 6.04 Å². The van der Waals surface area contributed by atoms with Crippen LogP contribution in [0.4, 0.5) is 11.4 Å². The molecule has 162 valence electrons. The van der Waals surface area contributed by atoms with Gasteiger partial charge in [-0.1, -0.05) is 18.2 Å². The molecular weight excluding hydrogens is 402 g/mol. The van der Waals surface area contributed by atoms with Crippen LogP contribution in [0.1, 0.15) is 42.3 Å². The van der Waals surface area contributed by atoms with Gasteiger partial charge in [0.15, 0.2) is 0 Å². The fourth-order valence-electron chi connectivity index (χ4n) is 3.25. The third kappa shape index (κ3) is 5.82. The lowest BCUT2D eigenvalue weighted by molar-refractivity contribution is -0.116. The number of nitrogens with one attached hydrogen (secondary N) is 2. The molecule has 0 saturated carbocycles. The number of para-hydroxylation sites is 1. The lowest BCUT2D eigenvalue weighted by Crippen LogP contribution is -2.45. The van der Waals surface area contributed by atoms with Gasteiger partial charge < -0.3 is 10.6 Å². The van der Waals surface area contributed by atoms with Crippen molar-refractivity contribution in [3.8, 4) is 0 Å². The van der Waals surface area contributed by atoms with Crippen LogP contribution in [0.15, 0.2) is 42.5 Å². The van der Waals surface area contributed by atoms with Gasteiger partial charge in [-0.3, -0.25) is 13.9 Å². The Balaban J connectivity index is 2.37. The summed E-state index contributed by atoms with van der Waals surface area (Å²) in [5.74, 6) is -0.854. The molecule has 0 radical (unpaired) electrons. The molecule has 2 rings (SSSR count). The summed E-state index contributed by atoms with van der Waals surface area (Å²) in [7, 11) is -3.74. The molecule has 0 aliphatic heterocycles. The second-order valence-corrected chi connectivity index (χ2v) is 9.60. The molecule has 0 fully saturated rings. The van der Waals surface area contributed by atoms with Crippen LogP contribution >= 0.6 is 0 Å². The summed E-state index contributed by atoms with van der Waals surface area (Å²) in [4.78, 5) is 25.4. The van der Waals surface area contributed by atoms with Crippen molar-refractivity contribution in [1.29, 1.82) is 0 Å². The van der Waals surface area contributed by atoms with Crippen molar-refractivity contribution in [3.05, 3.63) is 59.2 Å². The third-order valence-corrected chi connectivity index (χ3v) is 5.64. The van der Waals surface area contributed by atoms with Gasteiger partial charge in [0.25, 0.3) is 5.91 Å². The molecule has 7 nitrogen and oxygen atoms in total. The van der Waals surface area contributed by atoms with Gasteiger partial charge >= 0.3 is 0 Å². The highest BCUT2D eigenvalue weighted by atomic mass is 32.2. The van der Waals surface area contributed by atoms with Crippen molar-refractivity contribution < 1.29 is 18.0 Å². The molecular formula is C22H29N3O4S. The van der Waals surface area contributed by atoms with Crippen LogP contribution in [0.5, 0.6) is 0 Å². The molecule has 2 aromatic carbocycles. The van der Waals surface area contributed by atoms with Crippen molar-refractivity contribution in [1.82, 2.24) is 5.32 Å². The zero-order valence-corrected chi connectivity index (χ0v) is 19.0. The normalized spacial score (nSPS) is 12.4. The van der Waals surface area contributed by atoms with Gasteiger partial charge in [-0.25, -0.2) is 8.42 Å². The molecule has 0 aliphatic carbocycles. The van der Waals surface area contributed by atoms with Gasteiger partial charge in [-0.05, 0) is 70.0 Å². The van der Waals surface area contributed by atoms with E-state index in [1.165, 1.54) is 6.92 Å². The standard InChI is InChI=1S/C22H29N3O4S/c1-14(2)23-22(27)19-9-7-8-10-20(19)24-21(26)17(5)25(30(6,28)29)18-12-15(3)11-16(4)13-18/h7-14,17H,1-6H3,(H,23,27)(H,24,26)/t17-/m0/s1. The number of carbonyl (C=O) groups is 2. The molecule has 0 unspecified atom stereocenters. The number of hydrogen-bond donors (Lipinski definition) is 2. The lowest BCUT2D eigenvalue weighted by Gasteiger charge is -2.29. The zero-order valence-electron chi connectivity index (χ0n) is 18.2. The molecule has 0 heterocycles. The second kappa shape index (κ2) is 9.30. The summed E-state index contributed by atoms with van der Waals surface area (Å²) in [5.41, 5.74) is 2.83. The van der Waals surface area contributed by atoms with E-state index >= 15 is 0 Å². The van der Waals surface area contributed by atoms with Gasteiger partial charge in [0.2, 0.25) is 15.9 Å². The van der Waals surface area contributed by atoms with Crippen LogP contribution in [-0.2, 0) is 14.8 Å². The Bertz CT molecular complexity index is 1030. The number of rotatable bonds is 7. The molecule has 30 heavy (non-hydrogen) atoms. The summed E-state index contributed by atoms with van der Waals surface area (Å²) in [6.45, 7) is 8.94. The number of sulfonamides is 1. The molecule has 8 heteroatoms. The largest absolute Gasteiger partial charge is 0.350 e. The highest BCUT2D eigenvalue weighted by Crippen LogP contribution is 2.25. The first kappa shape index (κ1) is 23.4. The summed E-state index contributed by atoms with van der Waals surface area (Å²) >= 11 is 0. The van der Waals surface area contributed by atoms with Crippen LogP contribution in [0.2, 0.25) is 0 Å². The van der Waals surface area contributed by atoms with Gasteiger partial charge in [0, 0.05) is 6.04 Å². The van der Waals surface area contributed by atoms with E-state index in [4.69, 9.17) is 0 Å². The lowest BCUT2D eigenvalue weighted by atomic mass is 10.1. The number of benzene rings is 2. The quantitative estimate of drug-likeness (QED) is 0.704. The van der Waals surface area contributed by atoms with Crippen molar-refractivity contribution in [2.75, 3.05) is 15.9 Å². The Morgan fingerprint density at radius 1 is 0.967 bits per heavy atom. The zero-order chi connectivity index (χ0) is 22.6. The van der Waals surface area contributed by atoms with Crippen LogP contribution in [0.25, 0.3) is 0 Å². The average Bonchev–Trinajstić information content (AvgIpc) is 2.59. The first-order chi connectivity index (χ1) is 13.9. The number of carbonyl (C=O) groups excluding carboxylic acids is 2. The number of aryl methyl sites for hydroxylation is 2. The number of amides is 2. The van der Waals surface area contributed by atoms with E-state index in [-0.39, 0.29) is 11.9 Å². The van der Waals surface area contributed by atoms with Crippen molar-refractivity contribution in [2.45, 2.75) is 46.7 Å². The maximum atomic E-state index is 13.0. The van der Waals surface area contributed by atoms with Crippen LogP contribution in [-0.4, -0.2) is 38.6 Å². The summed E-state index contributed by atoms with van der Waals surface area (Å²) in [6.07, 6.45) is 1.07. The fraction of sp³-hybridized carbons (Fsp3) is 0.364. The van der Waals surface area contributed by atoms with Crippen molar-refractivity contribution >= 4 is 33.2 Å². The van der Waals surface area contributed by atoms with Crippen LogP contribution < -0.4 is 14.9 Å². The van der Waals surface area contributed by atoms with Crippen LogP contribution in [0.3, 0.4) is 0 Å². The van der Waals surface area contributed by atoms with E-state index in [0.29, 0.717) is 16.9 Å². The Morgan fingerprint density at radius 3 is 2.07 bits per heavy atom. The van der Waals surface area contributed by atoms with E-state index in [1.54, 1.807) is 36.4 Å². The number of hydrogen-bond acceptors (Lipinski definition) is 4. The number of anilines is 2. The van der Waals surface area contributed by atoms with Crippen molar-refractivity contribution in [2.24, 2.45) is 0 Å². The van der Waals surface area contributed by atoms with E-state index in [0.717, 1.165) is 21.7 Å². The van der Waals surface area contributed by atoms with Crippen LogP contribution in [0, 0.1) is 13.8 Å². The minimum Gasteiger partial charge on any atom is -0.350 e. The van der Waals surface area contributed by atoms with E-state index in [1.807, 2.05) is 33.8 Å². The fourth-order valence-corrected chi connectivity index (χ4v) is 4.41. The minimum atomic E-state index is -3.74.